The van der Waals surface area contributed by atoms with Crippen LogP contribution in [0.25, 0.3) is 0 Å². The van der Waals surface area contributed by atoms with E-state index in [0.29, 0.717) is 11.3 Å². The van der Waals surface area contributed by atoms with Gasteiger partial charge in [-0.1, -0.05) is 26.8 Å². The molecule has 6 nitrogen and oxygen atoms in total. The predicted molar refractivity (Wildman–Crippen MR) is 137 cm³/mol. The number of allylic oxidation sites excluding steroid dienone is 4. The molecule has 0 bridgehead atoms. The van der Waals surface area contributed by atoms with Crippen molar-refractivity contribution in [2.24, 2.45) is 28.6 Å². The van der Waals surface area contributed by atoms with Gasteiger partial charge in [0.2, 0.25) is 5.60 Å². The van der Waals surface area contributed by atoms with E-state index in [1.165, 1.54) is 30.6 Å². The zero-order valence-electron chi connectivity index (χ0n) is 21.5. The highest BCUT2D eigenvalue weighted by molar-refractivity contribution is 7.12. The molecule has 0 spiro atoms. The fraction of sp³-hybridized carbons (Fsp3) is 0.607. The van der Waals surface area contributed by atoms with Crippen molar-refractivity contribution in [3.63, 3.8) is 0 Å². The lowest BCUT2D eigenvalue weighted by molar-refractivity contribution is -0.199. The van der Waals surface area contributed by atoms with Gasteiger partial charge in [0, 0.05) is 16.7 Å². The zero-order valence-corrected chi connectivity index (χ0v) is 23.1. The minimum absolute atomic E-state index is 0.00862. The largest absolute Gasteiger partial charge is 0.466 e. The van der Waals surface area contributed by atoms with Gasteiger partial charge in [0.25, 0.3) is 0 Å². The molecule has 3 saturated carbocycles. The molecule has 0 saturated heterocycles. The van der Waals surface area contributed by atoms with Gasteiger partial charge >= 0.3 is 11.9 Å². The number of methoxy groups -OCH3 is 1. The van der Waals surface area contributed by atoms with Crippen LogP contribution in [-0.2, 0) is 19.1 Å². The number of fused-ring (bicyclic) bond motifs is 5. The zero-order chi connectivity index (χ0) is 27.1. The van der Waals surface area contributed by atoms with Gasteiger partial charge in [0.1, 0.15) is 11.0 Å². The highest BCUT2D eigenvalue weighted by Crippen LogP contribution is 2.72. The molecule has 4 aliphatic rings. The maximum Gasteiger partial charge on any atom is 0.351 e. The molecule has 1 N–H and O–H groups in total. The highest BCUT2D eigenvalue weighted by Gasteiger charge is 2.78. The summed E-state index contributed by atoms with van der Waals surface area (Å²) in [6, 6.07) is 1.80. The summed E-state index contributed by atoms with van der Waals surface area (Å²) < 4.78 is 27.2. The molecule has 9 heteroatoms. The predicted octanol–water partition coefficient (Wildman–Crippen LogP) is 4.96. The molecule has 0 radical (unpaired) electrons. The fourth-order valence-corrected chi connectivity index (χ4v) is 9.43. The van der Waals surface area contributed by atoms with E-state index in [0.717, 1.165) is 5.56 Å². The number of aryl methyl sites for hydroxylation is 1. The molecule has 3 fully saturated rings. The lowest BCUT2D eigenvalue weighted by atomic mass is 9.45. The molecule has 1 heterocycles. The number of hydrogen-bond donors (Lipinski definition) is 1. The van der Waals surface area contributed by atoms with Gasteiger partial charge in [-0.15, -0.1) is 22.9 Å². The number of hydrogen-bond acceptors (Lipinski definition) is 7. The summed E-state index contributed by atoms with van der Waals surface area (Å²) in [6.07, 6.45) is 2.13. The third-order valence-electron chi connectivity index (χ3n) is 9.96. The van der Waals surface area contributed by atoms with Crippen molar-refractivity contribution in [1.82, 2.24) is 0 Å². The Hall–Kier alpha value is -2.03. The van der Waals surface area contributed by atoms with Gasteiger partial charge < -0.3 is 14.6 Å². The normalized spacial score (nSPS) is 44.4. The third-order valence-corrected chi connectivity index (χ3v) is 11.9. The summed E-state index contributed by atoms with van der Waals surface area (Å²) in [7, 11) is 1.25. The minimum Gasteiger partial charge on any atom is -0.466 e. The summed E-state index contributed by atoms with van der Waals surface area (Å²) in [5.74, 6) is -3.02. The van der Waals surface area contributed by atoms with Gasteiger partial charge in [0.15, 0.2) is 5.78 Å². The first kappa shape index (κ1) is 26.6. The fourth-order valence-electron chi connectivity index (χ4n) is 8.14. The molecular formula is C28H32ClFO6S. The molecule has 0 aliphatic heterocycles. The van der Waals surface area contributed by atoms with Crippen LogP contribution >= 0.6 is 22.9 Å². The van der Waals surface area contributed by atoms with Crippen LogP contribution in [0.4, 0.5) is 4.39 Å². The summed E-state index contributed by atoms with van der Waals surface area (Å²) in [6.45, 7) is 7.22. The molecule has 37 heavy (non-hydrogen) atoms. The number of ketones is 1. The number of ether oxygens (including phenoxy) is 2. The Morgan fingerprint density at radius 1 is 1.24 bits per heavy atom. The second-order valence-electron chi connectivity index (χ2n) is 11.5. The van der Waals surface area contributed by atoms with Gasteiger partial charge in [-0.3, -0.25) is 4.79 Å². The molecule has 4 aliphatic carbocycles. The van der Waals surface area contributed by atoms with Crippen molar-refractivity contribution in [3.8, 4) is 0 Å². The minimum atomic E-state index is -1.69. The molecule has 1 aromatic rings. The monoisotopic (exact) mass is 550 g/mol. The Kier molecular flexibility index (Phi) is 6.09. The number of thiophene rings is 1. The molecule has 5 rings (SSSR count). The van der Waals surface area contributed by atoms with Crippen LogP contribution < -0.4 is 0 Å². The van der Waals surface area contributed by atoms with E-state index >= 15 is 4.39 Å². The number of rotatable bonds is 3. The van der Waals surface area contributed by atoms with Gasteiger partial charge in [0.05, 0.1) is 18.1 Å². The van der Waals surface area contributed by atoms with E-state index in [4.69, 9.17) is 21.1 Å². The van der Waals surface area contributed by atoms with Crippen LogP contribution in [0.3, 0.4) is 0 Å². The molecule has 0 aromatic carbocycles. The van der Waals surface area contributed by atoms with Crippen LogP contribution in [0.1, 0.15) is 55.3 Å². The quantitative estimate of drug-likeness (QED) is 0.423. The molecule has 0 amide bonds. The number of halogens is 2. The summed E-state index contributed by atoms with van der Waals surface area (Å²) in [5.41, 5.74) is -2.85. The molecule has 200 valence electrons. The van der Waals surface area contributed by atoms with Crippen molar-refractivity contribution in [2.45, 2.75) is 69.7 Å². The van der Waals surface area contributed by atoms with E-state index in [1.807, 2.05) is 13.8 Å². The van der Waals surface area contributed by atoms with Gasteiger partial charge in [-0.25, -0.2) is 14.0 Å². The number of carbonyl (C=O) groups is 3. The smallest absolute Gasteiger partial charge is 0.351 e. The van der Waals surface area contributed by atoms with Crippen molar-refractivity contribution in [1.29, 1.82) is 0 Å². The first-order valence-corrected chi connectivity index (χ1v) is 13.9. The van der Waals surface area contributed by atoms with Gasteiger partial charge in [-0.2, -0.15) is 0 Å². The van der Waals surface area contributed by atoms with Crippen molar-refractivity contribution in [3.05, 3.63) is 45.7 Å². The van der Waals surface area contributed by atoms with Crippen LogP contribution in [0.15, 0.2) is 35.2 Å². The number of alkyl halides is 2. The topological polar surface area (TPSA) is 89.9 Å². The number of carbonyl (C=O) groups excluding carboxylic acids is 3. The summed E-state index contributed by atoms with van der Waals surface area (Å²) in [4.78, 5) is 38.2. The van der Waals surface area contributed by atoms with Gasteiger partial charge in [-0.05, 0) is 72.8 Å². The van der Waals surface area contributed by atoms with E-state index in [2.05, 4.69) is 0 Å². The molecule has 9 atom stereocenters. The SMILES string of the molecule is COC(=O)[C@@]1(OC(=O)c2sccc2C)[C@H](C)C[C@H]2[C@@H]3C[C@H](F)C4=CC(=O)C=C[C@]4(C)[C@@]3(Cl)[C@@H](O)C[C@@]21C. The Bertz CT molecular complexity index is 1240. The van der Waals surface area contributed by atoms with E-state index in [9.17, 15) is 19.5 Å². The summed E-state index contributed by atoms with van der Waals surface area (Å²) in [5, 5.41) is 13.6. The van der Waals surface area contributed by atoms with E-state index < -0.39 is 57.4 Å². The second-order valence-corrected chi connectivity index (χ2v) is 13.1. The molecule has 1 aromatic heterocycles. The van der Waals surface area contributed by atoms with Crippen LogP contribution in [0, 0.1) is 35.5 Å². The highest BCUT2D eigenvalue weighted by atomic mass is 35.5. The number of esters is 2. The number of aliphatic hydroxyl groups excluding tert-OH is 1. The lowest BCUT2D eigenvalue weighted by Gasteiger charge is -2.64. The maximum absolute atomic E-state index is 15.8. The Morgan fingerprint density at radius 2 is 1.95 bits per heavy atom. The summed E-state index contributed by atoms with van der Waals surface area (Å²) >= 11 is 8.63. The number of aliphatic hydroxyl groups is 1. The van der Waals surface area contributed by atoms with Crippen molar-refractivity contribution >= 4 is 40.7 Å². The Labute approximate surface area is 224 Å². The van der Waals surface area contributed by atoms with Crippen LogP contribution in [0.2, 0.25) is 0 Å². The van der Waals surface area contributed by atoms with E-state index in [-0.39, 0.29) is 30.1 Å². The standard InChI is InChI=1S/C28H32ClFO6S/c1-14-7-9-37-22(14)23(33)36-28(24(34)35-5)15(2)10-17-18-12-20(30)19-11-16(31)6-8-25(19,3)27(18,29)21(32)13-26(17,28)4/h6-9,11,15,17-18,20-21,32H,10,12-13H2,1-5H3/t15-,17+,18+,20+,21+,25+,26+,27+,28+/m1/s1. The Balaban J connectivity index is 1.64. The van der Waals surface area contributed by atoms with Crippen molar-refractivity contribution in [2.75, 3.05) is 7.11 Å². The Morgan fingerprint density at radius 3 is 2.57 bits per heavy atom. The lowest BCUT2D eigenvalue weighted by Crippen LogP contribution is -2.70. The average Bonchev–Trinajstić information content (AvgIpc) is 3.36. The van der Waals surface area contributed by atoms with Crippen LogP contribution in [0.5, 0.6) is 0 Å². The molecular weight excluding hydrogens is 519 g/mol. The van der Waals surface area contributed by atoms with E-state index in [1.54, 1.807) is 31.4 Å². The second kappa shape index (κ2) is 8.48. The molecule has 0 unspecified atom stereocenters. The average molecular weight is 551 g/mol. The maximum atomic E-state index is 15.8. The van der Waals surface area contributed by atoms with Crippen molar-refractivity contribution < 1.29 is 33.4 Å². The van der Waals surface area contributed by atoms with Crippen LogP contribution in [-0.4, -0.2) is 52.7 Å². The third kappa shape index (κ3) is 3.21. The first-order valence-electron chi connectivity index (χ1n) is 12.6. The first-order chi connectivity index (χ1) is 17.3.